The molecule has 0 heterocycles. The van der Waals surface area contributed by atoms with Crippen LogP contribution in [0.4, 0.5) is 4.79 Å². The molecule has 2 atom stereocenters. The number of benzene rings is 1. The van der Waals surface area contributed by atoms with Crippen molar-refractivity contribution in [3.05, 3.63) is 42.5 Å². The van der Waals surface area contributed by atoms with Crippen LogP contribution in [0.15, 0.2) is 36.9 Å². The molecule has 3 N–H and O–H groups in total. The molecule has 8 nitrogen and oxygen atoms in total. The number of aromatic hydroxyl groups is 1. The fourth-order valence-electron chi connectivity index (χ4n) is 3.46. The Kier molecular flexibility index (Phi) is 11.6. The summed E-state index contributed by atoms with van der Waals surface area (Å²) in [5.74, 6) is -0.721. The molecule has 0 bridgehead atoms. The van der Waals surface area contributed by atoms with Crippen LogP contribution in [-0.2, 0) is 14.3 Å². The molecule has 34 heavy (non-hydrogen) atoms. The maximum Gasteiger partial charge on any atom is 0.408 e. The van der Waals surface area contributed by atoms with Crippen LogP contribution in [0, 0.1) is 5.92 Å². The molecule has 0 radical (unpaired) electrons. The molecule has 0 aromatic heterocycles. The second kappa shape index (κ2) is 13.6. The van der Waals surface area contributed by atoms with E-state index in [0.717, 1.165) is 12.8 Å². The number of amides is 3. The van der Waals surface area contributed by atoms with Gasteiger partial charge < -0.3 is 25.4 Å². The summed E-state index contributed by atoms with van der Waals surface area (Å²) in [5, 5.41) is 15.6. The summed E-state index contributed by atoms with van der Waals surface area (Å²) in [7, 11) is 0. The summed E-state index contributed by atoms with van der Waals surface area (Å²) in [6.07, 6.45) is 2.89. The first-order chi connectivity index (χ1) is 15.9. The van der Waals surface area contributed by atoms with Gasteiger partial charge in [-0.3, -0.25) is 9.59 Å². The quantitative estimate of drug-likeness (QED) is 0.308. The highest BCUT2D eigenvalue weighted by Gasteiger charge is 2.36. The van der Waals surface area contributed by atoms with Crippen molar-refractivity contribution in [2.75, 3.05) is 13.1 Å². The number of unbranched alkanes of at least 4 members (excludes halogenated alkanes) is 1. The molecule has 0 aliphatic heterocycles. The third-order valence-electron chi connectivity index (χ3n) is 4.88. The third-order valence-corrected chi connectivity index (χ3v) is 4.88. The summed E-state index contributed by atoms with van der Waals surface area (Å²) >= 11 is 0. The zero-order valence-corrected chi connectivity index (χ0v) is 21.4. The number of phenolic OH excluding ortho intramolecular Hbond substituents is 1. The Hall–Kier alpha value is -3.03. The van der Waals surface area contributed by atoms with Gasteiger partial charge in [0.05, 0.1) is 0 Å². The van der Waals surface area contributed by atoms with E-state index in [1.54, 1.807) is 32.9 Å². The van der Waals surface area contributed by atoms with Crippen LogP contribution >= 0.6 is 0 Å². The van der Waals surface area contributed by atoms with Crippen molar-refractivity contribution in [3.63, 3.8) is 0 Å². The average Bonchev–Trinajstić information content (AvgIpc) is 2.71. The number of nitrogens with one attached hydrogen (secondary N) is 2. The topological polar surface area (TPSA) is 108 Å². The summed E-state index contributed by atoms with van der Waals surface area (Å²) < 4.78 is 5.36. The lowest BCUT2D eigenvalue weighted by Crippen LogP contribution is -2.53. The minimum Gasteiger partial charge on any atom is -0.508 e. The van der Waals surface area contributed by atoms with E-state index in [-0.39, 0.29) is 24.1 Å². The van der Waals surface area contributed by atoms with Crippen molar-refractivity contribution in [2.24, 2.45) is 5.92 Å². The first-order valence-corrected chi connectivity index (χ1v) is 11.9. The van der Waals surface area contributed by atoms with Crippen molar-refractivity contribution < 1.29 is 24.2 Å². The normalized spacial score (nSPS) is 13.0. The van der Waals surface area contributed by atoms with Gasteiger partial charge in [-0.15, -0.1) is 6.58 Å². The Labute approximate surface area is 203 Å². The lowest BCUT2D eigenvalue weighted by atomic mass is 9.99. The van der Waals surface area contributed by atoms with Gasteiger partial charge in [0.15, 0.2) is 0 Å². The maximum absolute atomic E-state index is 13.8. The first-order valence-electron chi connectivity index (χ1n) is 11.9. The Morgan fingerprint density at radius 2 is 1.91 bits per heavy atom. The molecule has 0 aliphatic carbocycles. The number of phenols is 1. The third kappa shape index (κ3) is 9.85. The highest BCUT2D eigenvalue weighted by atomic mass is 16.6. The van der Waals surface area contributed by atoms with Crippen LogP contribution in [0.3, 0.4) is 0 Å². The molecular weight excluding hydrogens is 434 g/mol. The Bertz CT molecular complexity index is 832. The summed E-state index contributed by atoms with van der Waals surface area (Å²) in [5.41, 5.74) is -0.260. The van der Waals surface area contributed by atoms with Gasteiger partial charge in [-0.25, -0.2) is 4.79 Å². The molecule has 3 amide bonds. The lowest BCUT2D eigenvalue weighted by Gasteiger charge is -2.34. The van der Waals surface area contributed by atoms with E-state index in [1.165, 1.54) is 23.1 Å². The number of rotatable bonds is 12. The van der Waals surface area contributed by atoms with E-state index in [4.69, 9.17) is 4.74 Å². The zero-order chi connectivity index (χ0) is 25.9. The van der Waals surface area contributed by atoms with E-state index in [1.807, 2.05) is 20.8 Å². The fraction of sp³-hybridized carbons (Fsp3) is 0.577. The van der Waals surface area contributed by atoms with Crippen LogP contribution < -0.4 is 10.6 Å². The van der Waals surface area contributed by atoms with Crippen LogP contribution in [0.25, 0.3) is 0 Å². The largest absolute Gasteiger partial charge is 0.508 e. The fourth-order valence-corrected chi connectivity index (χ4v) is 3.46. The highest BCUT2D eigenvalue weighted by Crippen LogP contribution is 2.26. The predicted molar refractivity (Wildman–Crippen MR) is 133 cm³/mol. The molecule has 0 aliphatic rings. The minimum absolute atomic E-state index is 0.0135. The van der Waals surface area contributed by atoms with Gasteiger partial charge in [-0.1, -0.05) is 45.4 Å². The molecule has 1 aromatic rings. The molecule has 0 spiro atoms. The van der Waals surface area contributed by atoms with Crippen molar-refractivity contribution in [1.29, 1.82) is 0 Å². The van der Waals surface area contributed by atoms with E-state index >= 15 is 0 Å². The molecule has 0 saturated carbocycles. The summed E-state index contributed by atoms with van der Waals surface area (Å²) in [6, 6.07) is 4.36. The van der Waals surface area contributed by atoms with Gasteiger partial charge in [-0.05, 0) is 57.2 Å². The van der Waals surface area contributed by atoms with E-state index in [9.17, 15) is 19.5 Å². The zero-order valence-electron chi connectivity index (χ0n) is 21.4. The number of carbonyl (C=O) groups is 3. The van der Waals surface area contributed by atoms with Gasteiger partial charge in [-0.2, -0.15) is 0 Å². The molecular formula is C26H41N3O5. The number of nitrogens with zero attached hydrogens (tertiary/aromatic N) is 1. The van der Waals surface area contributed by atoms with Crippen LogP contribution in [0.1, 0.15) is 72.4 Å². The second-order valence-electron chi connectivity index (χ2n) is 9.75. The SMILES string of the molecule is C=CCN(C(=O)C(CC(C)C)NC(=O)OC(C)(C)C)C(C(=O)NCCCC)c1cccc(O)c1. The monoisotopic (exact) mass is 475 g/mol. The highest BCUT2D eigenvalue weighted by molar-refractivity contribution is 5.92. The number of alkyl carbamates (subject to hydrolysis) is 1. The Balaban J connectivity index is 3.37. The second-order valence-corrected chi connectivity index (χ2v) is 9.75. The maximum atomic E-state index is 13.8. The van der Waals surface area contributed by atoms with Gasteiger partial charge >= 0.3 is 6.09 Å². The van der Waals surface area contributed by atoms with Crippen molar-refractivity contribution in [1.82, 2.24) is 15.5 Å². The van der Waals surface area contributed by atoms with Crippen molar-refractivity contribution >= 4 is 17.9 Å². The van der Waals surface area contributed by atoms with Crippen molar-refractivity contribution in [3.8, 4) is 5.75 Å². The minimum atomic E-state index is -1.01. The van der Waals surface area contributed by atoms with Gasteiger partial charge in [0.1, 0.15) is 23.4 Å². The number of carbonyl (C=O) groups excluding carboxylic acids is 3. The number of ether oxygens (including phenoxy) is 1. The molecule has 0 saturated heterocycles. The summed E-state index contributed by atoms with van der Waals surface area (Å²) in [4.78, 5) is 40.9. The van der Waals surface area contributed by atoms with Gasteiger partial charge in [0.25, 0.3) is 0 Å². The summed E-state index contributed by atoms with van der Waals surface area (Å²) in [6.45, 7) is 15.4. The van der Waals surface area contributed by atoms with Crippen LogP contribution in [0.5, 0.6) is 5.75 Å². The lowest BCUT2D eigenvalue weighted by molar-refractivity contribution is -0.142. The standard InChI is InChI=1S/C26H41N3O5/c1-8-10-14-27-23(31)22(19-12-11-13-20(30)17-19)29(15-9-2)24(32)21(16-18(3)4)28-25(33)34-26(5,6)7/h9,11-13,17-18,21-22,30H,2,8,10,14-16H2,1,3-7H3,(H,27,31)(H,28,33). The first kappa shape index (κ1) is 29.0. The molecule has 1 aromatic carbocycles. The molecule has 0 fully saturated rings. The van der Waals surface area contributed by atoms with Crippen LogP contribution in [0.2, 0.25) is 0 Å². The van der Waals surface area contributed by atoms with E-state index in [0.29, 0.717) is 18.5 Å². The predicted octanol–water partition coefficient (Wildman–Crippen LogP) is 4.30. The average molecular weight is 476 g/mol. The van der Waals surface area contributed by atoms with E-state index in [2.05, 4.69) is 17.2 Å². The molecule has 8 heteroatoms. The Morgan fingerprint density at radius 3 is 2.44 bits per heavy atom. The number of hydrogen-bond donors (Lipinski definition) is 3. The van der Waals surface area contributed by atoms with Gasteiger partial charge in [0.2, 0.25) is 11.8 Å². The molecule has 190 valence electrons. The smallest absolute Gasteiger partial charge is 0.408 e. The van der Waals surface area contributed by atoms with E-state index < -0.39 is 29.7 Å². The van der Waals surface area contributed by atoms with Crippen LogP contribution in [-0.4, -0.2) is 52.6 Å². The van der Waals surface area contributed by atoms with Gasteiger partial charge in [0, 0.05) is 13.1 Å². The molecule has 2 unspecified atom stereocenters. The Morgan fingerprint density at radius 1 is 1.24 bits per heavy atom. The molecule has 1 rings (SSSR count). The number of hydrogen-bond acceptors (Lipinski definition) is 5. The van der Waals surface area contributed by atoms with Crippen molar-refractivity contribution in [2.45, 2.75) is 78.5 Å².